The molecule has 2 aromatic carbocycles. The quantitative estimate of drug-likeness (QED) is 0.587. The Morgan fingerprint density at radius 2 is 1.69 bits per heavy atom. The zero-order valence-corrected chi connectivity index (χ0v) is 21.0. The minimum atomic E-state index is 0.145. The molecule has 0 bridgehead atoms. The molecule has 0 saturated carbocycles. The molecule has 0 atom stereocenters. The number of aromatic nitrogens is 1. The fraction of sp³-hybridized carbons (Fsp3) is 0.414. The first-order valence-corrected chi connectivity index (χ1v) is 12.9. The molecule has 1 N–H and O–H groups in total. The highest BCUT2D eigenvalue weighted by molar-refractivity contribution is 5.98. The van der Waals surface area contributed by atoms with E-state index in [-0.39, 0.29) is 5.91 Å². The maximum absolute atomic E-state index is 13.1. The van der Waals surface area contributed by atoms with Crippen molar-refractivity contribution in [1.29, 1.82) is 0 Å². The molecule has 5 rings (SSSR count). The summed E-state index contributed by atoms with van der Waals surface area (Å²) in [5.41, 5.74) is 4.38. The Kier molecular flexibility index (Phi) is 7.21. The molecule has 35 heavy (non-hydrogen) atoms. The van der Waals surface area contributed by atoms with E-state index in [9.17, 15) is 4.79 Å². The molecule has 1 amide bonds. The lowest BCUT2D eigenvalue weighted by Gasteiger charge is -2.37. The number of nitrogens with one attached hydrogen (secondary N) is 1. The number of hydrogen-bond acceptors (Lipinski definition) is 4. The summed E-state index contributed by atoms with van der Waals surface area (Å²) in [5, 5.41) is 1.22. The molecule has 184 valence electrons. The Hall–Kier alpha value is -3.09. The predicted octanol–water partition coefficient (Wildman–Crippen LogP) is 4.12. The number of piperazine rings is 2. The highest BCUT2D eigenvalue weighted by Gasteiger charge is 2.24. The summed E-state index contributed by atoms with van der Waals surface area (Å²) in [4.78, 5) is 25.9. The molecule has 0 radical (unpaired) electrons. The van der Waals surface area contributed by atoms with Gasteiger partial charge in [0.1, 0.15) is 0 Å². The summed E-state index contributed by atoms with van der Waals surface area (Å²) in [6.07, 6.45) is 6.53. The van der Waals surface area contributed by atoms with Gasteiger partial charge >= 0.3 is 0 Å². The van der Waals surface area contributed by atoms with Crippen LogP contribution >= 0.6 is 0 Å². The Bertz CT molecular complexity index is 1150. The largest absolute Gasteiger partial charge is 0.375 e. The van der Waals surface area contributed by atoms with Crippen LogP contribution in [-0.4, -0.2) is 88.9 Å². The third-order valence-electron chi connectivity index (χ3n) is 7.42. The van der Waals surface area contributed by atoms with Gasteiger partial charge in [0, 0.05) is 87.6 Å². The minimum absolute atomic E-state index is 0.145. The predicted molar refractivity (Wildman–Crippen MR) is 143 cm³/mol. The molecular weight excluding hydrogens is 434 g/mol. The van der Waals surface area contributed by atoms with Crippen LogP contribution in [0.25, 0.3) is 17.0 Å². The van der Waals surface area contributed by atoms with Crippen molar-refractivity contribution in [1.82, 2.24) is 24.6 Å². The molecule has 2 fully saturated rings. The van der Waals surface area contributed by atoms with Crippen molar-refractivity contribution < 1.29 is 4.79 Å². The van der Waals surface area contributed by atoms with Crippen LogP contribution in [0.4, 0.5) is 0 Å². The van der Waals surface area contributed by atoms with Gasteiger partial charge in [0.15, 0.2) is 0 Å². The average Bonchev–Trinajstić information content (AvgIpc) is 3.30. The lowest BCUT2D eigenvalue weighted by molar-refractivity contribution is 0.0595. The SMILES string of the molecule is CC(C)N1CCN(C(=O)c2ccc3c(CN4CCN(C=Cc5ccccc5)CC4)c[nH]c3c2)CC1. The summed E-state index contributed by atoms with van der Waals surface area (Å²) >= 11 is 0. The summed E-state index contributed by atoms with van der Waals surface area (Å²) < 4.78 is 0. The molecule has 2 aliphatic rings. The molecule has 2 aliphatic heterocycles. The number of carbonyl (C=O) groups is 1. The molecule has 3 aromatic rings. The van der Waals surface area contributed by atoms with Crippen molar-refractivity contribution in [2.75, 3.05) is 52.4 Å². The number of fused-ring (bicyclic) bond motifs is 1. The fourth-order valence-corrected chi connectivity index (χ4v) is 5.14. The molecule has 2 saturated heterocycles. The summed E-state index contributed by atoms with van der Waals surface area (Å²) in [5.74, 6) is 0.145. The van der Waals surface area contributed by atoms with Crippen molar-refractivity contribution in [3.05, 3.63) is 77.6 Å². The molecule has 0 unspecified atom stereocenters. The highest BCUT2D eigenvalue weighted by Crippen LogP contribution is 2.23. The van der Waals surface area contributed by atoms with Crippen LogP contribution < -0.4 is 0 Å². The molecule has 6 heteroatoms. The first kappa shape index (κ1) is 23.6. The van der Waals surface area contributed by atoms with Gasteiger partial charge in [-0.1, -0.05) is 36.4 Å². The van der Waals surface area contributed by atoms with Crippen LogP contribution in [0.3, 0.4) is 0 Å². The maximum atomic E-state index is 13.1. The first-order valence-electron chi connectivity index (χ1n) is 12.9. The van der Waals surface area contributed by atoms with Gasteiger partial charge in [-0.05, 0) is 49.4 Å². The van der Waals surface area contributed by atoms with Crippen molar-refractivity contribution in [3.63, 3.8) is 0 Å². The normalized spacial score (nSPS) is 18.3. The average molecular weight is 472 g/mol. The lowest BCUT2D eigenvalue weighted by Crippen LogP contribution is -2.50. The van der Waals surface area contributed by atoms with Crippen molar-refractivity contribution >= 4 is 22.9 Å². The zero-order valence-electron chi connectivity index (χ0n) is 21.0. The second-order valence-electron chi connectivity index (χ2n) is 10.0. The van der Waals surface area contributed by atoms with Crippen molar-refractivity contribution in [3.8, 4) is 0 Å². The monoisotopic (exact) mass is 471 g/mol. The Morgan fingerprint density at radius 3 is 2.40 bits per heavy atom. The fourth-order valence-electron chi connectivity index (χ4n) is 5.14. The smallest absolute Gasteiger partial charge is 0.254 e. The van der Waals surface area contributed by atoms with Crippen LogP contribution in [0.1, 0.15) is 35.3 Å². The van der Waals surface area contributed by atoms with Gasteiger partial charge in [0.25, 0.3) is 5.91 Å². The number of amides is 1. The van der Waals surface area contributed by atoms with E-state index in [1.165, 1.54) is 16.5 Å². The van der Waals surface area contributed by atoms with Gasteiger partial charge in [-0.15, -0.1) is 0 Å². The maximum Gasteiger partial charge on any atom is 0.254 e. The van der Waals surface area contributed by atoms with Gasteiger partial charge in [-0.25, -0.2) is 0 Å². The summed E-state index contributed by atoms with van der Waals surface area (Å²) in [6.45, 7) is 13.0. The van der Waals surface area contributed by atoms with E-state index in [1.807, 2.05) is 17.0 Å². The molecule has 0 spiro atoms. The number of H-pyrrole nitrogens is 1. The number of hydrogen-bond donors (Lipinski definition) is 1. The van der Waals surface area contributed by atoms with Crippen molar-refractivity contribution in [2.45, 2.75) is 26.4 Å². The number of rotatable bonds is 6. The van der Waals surface area contributed by atoms with E-state index in [2.05, 4.69) is 88.4 Å². The number of nitrogens with zero attached hydrogens (tertiary/aromatic N) is 4. The van der Waals surface area contributed by atoms with E-state index in [1.54, 1.807) is 0 Å². The van der Waals surface area contributed by atoms with Gasteiger partial charge in [0.2, 0.25) is 0 Å². The molecule has 1 aromatic heterocycles. The van der Waals surface area contributed by atoms with E-state index >= 15 is 0 Å². The molecule has 0 aliphatic carbocycles. The minimum Gasteiger partial charge on any atom is -0.375 e. The lowest BCUT2D eigenvalue weighted by atomic mass is 10.1. The van der Waals surface area contributed by atoms with E-state index in [4.69, 9.17) is 0 Å². The summed E-state index contributed by atoms with van der Waals surface area (Å²) in [6, 6.07) is 17.2. The van der Waals surface area contributed by atoms with Gasteiger partial charge in [-0.2, -0.15) is 0 Å². The third-order valence-corrected chi connectivity index (χ3v) is 7.42. The second kappa shape index (κ2) is 10.7. The van der Waals surface area contributed by atoms with Crippen molar-refractivity contribution in [2.24, 2.45) is 0 Å². The van der Waals surface area contributed by atoms with Gasteiger partial charge in [0.05, 0.1) is 0 Å². The topological polar surface area (TPSA) is 45.8 Å². The highest BCUT2D eigenvalue weighted by atomic mass is 16.2. The van der Waals surface area contributed by atoms with Crippen LogP contribution in [0, 0.1) is 0 Å². The van der Waals surface area contributed by atoms with Crippen LogP contribution in [0.15, 0.2) is 60.9 Å². The Labute approximate surface area is 208 Å². The second-order valence-corrected chi connectivity index (χ2v) is 10.0. The van der Waals surface area contributed by atoms with Gasteiger partial charge in [-0.3, -0.25) is 14.6 Å². The number of benzene rings is 2. The zero-order chi connectivity index (χ0) is 24.2. The first-order chi connectivity index (χ1) is 17.1. The standard InChI is InChI=1S/C29H37N5O/c1-23(2)33-16-18-34(19-17-33)29(35)25-8-9-27-26(21-30-28(27)20-25)22-32-14-12-31(13-15-32)11-10-24-6-4-3-5-7-24/h3-11,20-21,23,30H,12-19,22H2,1-2H3. The third kappa shape index (κ3) is 5.60. The molecular formula is C29H37N5O. The van der Waals surface area contributed by atoms with E-state index in [0.717, 1.165) is 70.0 Å². The Balaban J connectivity index is 1.16. The van der Waals surface area contributed by atoms with Crippen LogP contribution in [-0.2, 0) is 6.54 Å². The Morgan fingerprint density at radius 1 is 0.943 bits per heavy atom. The van der Waals surface area contributed by atoms with E-state index < -0.39 is 0 Å². The van der Waals surface area contributed by atoms with Crippen LogP contribution in [0.5, 0.6) is 0 Å². The number of carbonyl (C=O) groups excluding carboxylic acids is 1. The van der Waals surface area contributed by atoms with E-state index in [0.29, 0.717) is 6.04 Å². The molecule has 6 nitrogen and oxygen atoms in total. The van der Waals surface area contributed by atoms with Crippen LogP contribution in [0.2, 0.25) is 0 Å². The summed E-state index contributed by atoms with van der Waals surface area (Å²) in [7, 11) is 0. The number of aromatic amines is 1. The molecule has 3 heterocycles. The van der Waals surface area contributed by atoms with Gasteiger partial charge < -0.3 is 14.8 Å².